The van der Waals surface area contributed by atoms with Crippen LogP contribution >= 0.6 is 0 Å². The highest BCUT2D eigenvalue weighted by molar-refractivity contribution is 5.19. The lowest BCUT2D eigenvalue weighted by molar-refractivity contribution is -0.173. The normalized spacial score (nSPS) is 31.5. The number of benzene rings is 1. The molecule has 0 saturated carbocycles. The van der Waals surface area contributed by atoms with Crippen LogP contribution in [0, 0.1) is 5.92 Å². The van der Waals surface area contributed by atoms with Crippen LogP contribution in [-0.2, 0) is 4.74 Å². The van der Waals surface area contributed by atoms with Gasteiger partial charge in [0.1, 0.15) is 0 Å². The Hall–Kier alpha value is -0.860. The molecule has 2 aliphatic heterocycles. The molecule has 2 heterocycles. The second kappa shape index (κ2) is 5.26. The van der Waals surface area contributed by atoms with Gasteiger partial charge in [0.15, 0.2) is 0 Å². The predicted octanol–water partition coefficient (Wildman–Crippen LogP) is 3.64. The van der Waals surface area contributed by atoms with Gasteiger partial charge in [0, 0.05) is 13.1 Å². The van der Waals surface area contributed by atoms with Crippen molar-refractivity contribution in [3.05, 3.63) is 35.9 Å². The molecule has 1 spiro atoms. The minimum absolute atomic E-state index is 0.152. The third-order valence-corrected chi connectivity index (χ3v) is 4.98. The Morgan fingerprint density at radius 3 is 2.47 bits per heavy atom. The summed E-state index contributed by atoms with van der Waals surface area (Å²) >= 11 is 0. The van der Waals surface area contributed by atoms with Crippen molar-refractivity contribution in [3.8, 4) is 0 Å². The summed E-state index contributed by atoms with van der Waals surface area (Å²) in [6.07, 6.45) is 5.21. The second-order valence-corrected chi connectivity index (χ2v) is 6.45. The largest absolute Gasteiger partial charge is 0.367 e. The number of likely N-dealkylation sites (tertiary alicyclic amines) is 1. The van der Waals surface area contributed by atoms with Crippen LogP contribution in [0.15, 0.2) is 30.3 Å². The van der Waals surface area contributed by atoms with Crippen LogP contribution in [-0.4, -0.2) is 30.6 Å². The van der Waals surface area contributed by atoms with E-state index < -0.39 is 0 Å². The fraction of sp³-hybridized carbons (Fsp3) is 0.647. The molecule has 2 atom stereocenters. The summed E-state index contributed by atoms with van der Waals surface area (Å²) in [5.41, 5.74) is 1.51. The fourth-order valence-corrected chi connectivity index (χ4v) is 3.52. The zero-order chi connectivity index (χ0) is 13.3. The Bertz CT molecular complexity index is 403. The van der Waals surface area contributed by atoms with E-state index in [4.69, 9.17) is 4.74 Å². The highest BCUT2D eigenvalue weighted by Gasteiger charge is 2.42. The molecule has 0 radical (unpaired) electrons. The van der Waals surface area contributed by atoms with E-state index >= 15 is 0 Å². The summed E-state index contributed by atoms with van der Waals surface area (Å²) in [5, 5.41) is 0. The van der Waals surface area contributed by atoms with Gasteiger partial charge >= 0.3 is 0 Å². The molecule has 3 rings (SSSR count). The maximum Gasteiger partial charge on any atom is 0.0858 e. The van der Waals surface area contributed by atoms with Gasteiger partial charge in [0.25, 0.3) is 0 Å². The molecule has 0 aromatic heterocycles. The number of ether oxygens (including phenoxy) is 1. The summed E-state index contributed by atoms with van der Waals surface area (Å²) < 4.78 is 6.63. The van der Waals surface area contributed by atoms with E-state index in [1.54, 1.807) is 0 Å². The average molecular weight is 259 g/mol. The Labute approximate surface area is 116 Å². The van der Waals surface area contributed by atoms with Gasteiger partial charge in [-0.3, -0.25) is 0 Å². The monoisotopic (exact) mass is 259 g/mol. The van der Waals surface area contributed by atoms with Crippen molar-refractivity contribution in [2.24, 2.45) is 5.92 Å². The first-order valence-corrected chi connectivity index (χ1v) is 7.60. The molecule has 2 saturated heterocycles. The first kappa shape index (κ1) is 13.1. The van der Waals surface area contributed by atoms with Crippen LogP contribution in [0.25, 0.3) is 0 Å². The lowest BCUT2D eigenvalue weighted by Gasteiger charge is -2.48. The van der Waals surface area contributed by atoms with Gasteiger partial charge in [-0.15, -0.1) is 0 Å². The molecule has 0 N–H and O–H groups in total. The molecule has 2 fully saturated rings. The molecule has 104 valence electrons. The molecule has 19 heavy (non-hydrogen) atoms. The Morgan fingerprint density at radius 1 is 1.11 bits per heavy atom. The molecule has 2 aliphatic rings. The van der Waals surface area contributed by atoms with Crippen molar-refractivity contribution in [2.45, 2.75) is 44.3 Å². The first-order valence-electron chi connectivity index (χ1n) is 7.60. The topological polar surface area (TPSA) is 12.5 Å². The lowest BCUT2D eigenvalue weighted by atomic mass is 9.78. The maximum atomic E-state index is 6.63. The quantitative estimate of drug-likeness (QED) is 0.763. The highest BCUT2D eigenvalue weighted by atomic mass is 16.5. The van der Waals surface area contributed by atoms with Crippen LogP contribution < -0.4 is 0 Å². The van der Waals surface area contributed by atoms with Crippen LogP contribution in [0.4, 0.5) is 0 Å². The van der Waals surface area contributed by atoms with E-state index in [2.05, 4.69) is 49.2 Å². The van der Waals surface area contributed by atoms with Crippen molar-refractivity contribution >= 4 is 0 Å². The molecular weight excluding hydrogens is 234 g/mol. The second-order valence-electron chi connectivity index (χ2n) is 6.45. The molecule has 2 nitrogen and oxygen atoms in total. The van der Waals surface area contributed by atoms with E-state index in [-0.39, 0.29) is 5.60 Å². The molecule has 0 bridgehead atoms. The van der Waals surface area contributed by atoms with Gasteiger partial charge in [0.05, 0.1) is 11.7 Å². The van der Waals surface area contributed by atoms with E-state index in [0.717, 1.165) is 0 Å². The summed E-state index contributed by atoms with van der Waals surface area (Å²) in [7, 11) is 2.22. The van der Waals surface area contributed by atoms with Gasteiger partial charge in [0.2, 0.25) is 0 Å². The summed E-state index contributed by atoms with van der Waals surface area (Å²) in [4.78, 5) is 2.42. The van der Waals surface area contributed by atoms with E-state index in [1.165, 1.54) is 44.3 Å². The Morgan fingerprint density at radius 2 is 1.79 bits per heavy atom. The van der Waals surface area contributed by atoms with Gasteiger partial charge in [-0.1, -0.05) is 37.3 Å². The van der Waals surface area contributed by atoms with Gasteiger partial charge in [-0.25, -0.2) is 0 Å². The minimum Gasteiger partial charge on any atom is -0.367 e. The number of nitrogens with zero attached hydrogens (tertiary/aromatic N) is 1. The summed E-state index contributed by atoms with van der Waals surface area (Å²) in [6, 6.07) is 10.8. The number of piperidine rings is 1. The third kappa shape index (κ3) is 2.70. The van der Waals surface area contributed by atoms with Crippen LogP contribution in [0.5, 0.6) is 0 Å². The first-order chi connectivity index (χ1) is 9.19. The van der Waals surface area contributed by atoms with Crippen LogP contribution in [0.3, 0.4) is 0 Å². The molecule has 2 unspecified atom stereocenters. The summed E-state index contributed by atoms with van der Waals surface area (Å²) in [5.74, 6) is 0.632. The van der Waals surface area contributed by atoms with Crippen LogP contribution in [0.1, 0.15) is 44.3 Å². The van der Waals surface area contributed by atoms with Gasteiger partial charge < -0.3 is 9.64 Å². The van der Waals surface area contributed by atoms with Crippen molar-refractivity contribution in [1.82, 2.24) is 4.90 Å². The van der Waals surface area contributed by atoms with Gasteiger partial charge in [-0.2, -0.15) is 0 Å². The maximum absolute atomic E-state index is 6.63. The van der Waals surface area contributed by atoms with Crippen molar-refractivity contribution < 1.29 is 4.74 Å². The fourth-order valence-electron chi connectivity index (χ4n) is 3.52. The van der Waals surface area contributed by atoms with Gasteiger partial charge in [-0.05, 0) is 44.2 Å². The van der Waals surface area contributed by atoms with E-state index in [1.807, 2.05) is 0 Å². The van der Waals surface area contributed by atoms with Crippen molar-refractivity contribution in [3.63, 3.8) is 0 Å². The average Bonchev–Trinajstić information content (AvgIpc) is 2.46. The van der Waals surface area contributed by atoms with Crippen molar-refractivity contribution in [1.29, 1.82) is 0 Å². The standard InChI is InChI=1S/C17H25NO/c1-14-8-9-17(10-12-18(2)13-11-17)19-16(14)15-6-4-3-5-7-15/h3-7,14,16H,8-13H2,1-2H3. The smallest absolute Gasteiger partial charge is 0.0858 e. The van der Waals surface area contributed by atoms with E-state index in [9.17, 15) is 0 Å². The van der Waals surface area contributed by atoms with Crippen molar-refractivity contribution in [2.75, 3.05) is 20.1 Å². The van der Waals surface area contributed by atoms with E-state index in [0.29, 0.717) is 12.0 Å². The molecule has 1 aromatic rings. The SMILES string of the molecule is CC1CCC2(CCN(C)CC2)OC1c1ccccc1. The zero-order valence-electron chi connectivity index (χ0n) is 12.1. The molecular formula is C17H25NO. The number of rotatable bonds is 1. The lowest BCUT2D eigenvalue weighted by Crippen LogP contribution is -2.48. The number of hydrogen-bond acceptors (Lipinski definition) is 2. The molecule has 2 heteroatoms. The Balaban J connectivity index is 1.77. The molecule has 0 aliphatic carbocycles. The highest BCUT2D eigenvalue weighted by Crippen LogP contribution is 2.45. The minimum atomic E-state index is 0.152. The summed E-state index contributed by atoms with van der Waals surface area (Å²) in [6.45, 7) is 4.69. The molecule has 0 amide bonds. The van der Waals surface area contributed by atoms with Crippen LogP contribution in [0.2, 0.25) is 0 Å². The third-order valence-electron chi connectivity index (χ3n) is 4.98. The zero-order valence-corrected chi connectivity index (χ0v) is 12.1. The number of hydrogen-bond donors (Lipinski definition) is 0. The molecule has 1 aromatic carbocycles. The Kier molecular flexibility index (Phi) is 3.64. The predicted molar refractivity (Wildman–Crippen MR) is 78.1 cm³/mol.